The SMILES string of the molecule is C[C@]12C=CC(=O)C=C1C=C[C@H]1[C@@H]3CC[C@](O)(C(=O)CCl)[C@@]3(C)C[C@H](F)[C@@]12Cl. The third-order valence-electron chi connectivity index (χ3n) is 7.90. The van der Waals surface area contributed by atoms with Gasteiger partial charge in [-0.1, -0.05) is 32.1 Å². The molecule has 4 rings (SSSR count). The number of ketones is 2. The summed E-state index contributed by atoms with van der Waals surface area (Å²) in [4.78, 5) is 23.0. The van der Waals surface area contributed by atoms with E-state index in [1.54, 1.807) is 13.0 Å². The lowest BCUT2D eigenvalue weighted by molar-refractivity contribution is -0.159. The molecule has 2 saturated carbocycles. The van der Waals surface area contributed by atoms with Crippen LogP contribution in [0.2, 0.25) is 0 Å². The summed E-state index contributed by atoms with van der Waals surface area (Å²) >= 11 is 12.9. The number of allylic oxidation sites excluding steroid dienone is 6. The molecule has 0 radical (unpaired) electrons. The van der Waals surface area contributed by atoms with Crippen LogP contribution in [-0.2, 0) is 9.59 Å². The topological polar surface area (TPSA) is 54.4 Å². The molecular formula is C21H23Cl2FO3. The van der Waals surface area contributed by atoms with Crippen LogP contribution in [0.15, 0.2) is 36.0 Å². The van der Waals surface area contributed by atoms with E-state index in [1.165, 1.54) is 12.2 Å². The molecule has 0 spiro atoms. The highest BCUT2D eigenvalue weighted by molar-refractivity contribution is 6.29. The van der Waals surface area contributed by atoms with Crippen LogP contribution in [0.4, 0.5) is 4.39 Å². The Kier molecular flexibility index (Phi) is 4.14. The molecule has 7 atom stereocenters. The molecule has 146 valence electrons. The third-order valence-corrected chi connectivity index (χ3v) is 9.02. The van der Waals surface area contributed by atoms with Gasteiger partial charge >= 0.3 is 0 Å². The van der Waals surface area contributed by atoms with Crippen LogP contribution in [0.1, 0.15) is 33.1 Å². The zero-order chi connectivity index (χ0) is 19.8. The maximum absolute atomic E-state index is 15.8. The molecule has 0 aliphatic heterocycles. The Bertz CT molecular complexity index is 820. The maximum Gasteiger partial charge on any atom is 0.179 e. The molecular weight excluding hydrogens is 390 g/mol. The summed E-state index contributed by atoms with van der Waals surface area (Å²) in [7, 11) is 0. The van der Waals surface area contributed by atoms with E-state index in [0.29, 0.717) is 12.0 Å². The summed E-state index contributed by atoms with van der Waals surface area (Å²) < 4.78 is 15.8. The first-order valence-corrected chi connectivity index (χ1v) is 10.2. The zero-order valence-corrected chi connectivity index (χ0v) is 16.9. The van der Waals surface area contributed by atoms with E-state index in [4.69, 9.17) is 23.2 Å². The molecule has 0 saturated heterocycles. The van der Waals surface area contributed by atoms with Crippen molar-refractivity contribution in [3.63, 3.8) is 0 Å². The molecule has 3 nitrogen and oxygen atoms in total. The van der Waals surface area contributed by atoms with Gasteiger partial charge < -0.3 is 5.11 Å². The fourth-order valence-electron chi connectivity index (χ4n) is 6.18. The van der Waals surface area contributed by atoms with E-state index in [-0.39, 0.29) is 36.3 Å². The normalized spacial score (nSPS) is 50.7. The van der Waals surface area contributed by atoms with Crippen molar-refractivity contribution in [3.05, 3.63) is 36.0 Å². The average molecular weight is 413 g/mol. The number of carbonyl (C=O) groups excluding carboxylic acids is 2. The Balaban J connectivity index is 1.86. The van der Waals surface area contributed by atoms with Crippen LogP contribution in [0.25, 0.3) is 0 Å². The average Bonchev–Trinajstić information content (AvgIpc) is 2.88. The van der Waals surface area contributed by atoms with E-state index >= 15 is 4.39 Å². The summed E-state index contributed by atoms with van der Waals surface area (Å²) in [6, 6.07) is 0. The van der Waals surface area contributed by atoms with Gasteiger partial charge in [0.2, 0.25) is 0 Å². The maximum atomic E-state index is 15.8. The van der Waals surface area contributed by atoms with Gasteiger partial charge in [0.25, 0.3) is 0 Å². The predicted octanol–water partition coefficient (Wildman–Crippen LogP) is 3.92. The molecule has 0 heterocycles. The number of halogens is 3. The lowest BCUT2D eigenvalue weighted by Gasteiger charge is -2.61. The van der Waals surface area contributed by atoms with E-state index in [2.05, 4.69) is 0 Å². The second-order valence-corrected chi connectivity index (χ2v) is 9.73. The highest BCUT2D eigenvalue weighted by atomic mass is 35.5. The van der Waals surface area contributed by atoms with Crippen molar-refractivity contribution in [1.82, 2.24) is 0 Å². The van der Waals surface area contributed by atoms with Crippen molar-refractivity contribution in [2.75, 3.05) is 5.88 Å². The van der Waals surface area contributed by atoms with Crippen LogP contribution in [0.3, 0.4) is 0 Å². The van der Waals surface area contributed by atoms with E-state index in [0.717, 1.165) is 0 Å². The molecule has 6 heteroatoms. The summed E-state index contributed by atoms with van der Waals surface area (Å²) in [5.41, 5.74) is -2.69. The molecule has 0 amide bonds. The van der Waals surface area contributed by atoms with Gasteiger partial charge in [0, 0.05) is 16.7 Å². The Morgan fingerprint density at radius 2 is 2.07 bits per heavy atom. The number of alkyl halides is 3. The van der Waals surface area contributed by atoms with Gasteiger partial charge in [-0.3, -0.25) is 9.59 Å². The summed E-state index contributed by atoms with van der Waals surface area (Å²) in [6.07, 6.45) is 7.76. The largest absolute Gasteiger partial charge is 0.381 e. The van der Waals surface area contributed by atoms with Crippen molar-refractivity contribution < 1.29 is 19.1 Å². The highest BCUT2D eigenvalue weighted by Crippen LogP contribution is 2.69. The lowest BCUT2D eigenvalue weighted by Crippen LogP contribution is -2.66. The van der Waals surface area contributed by atoms with Crippen molar-refractivity contribution in [2.24, 2.45) is 22.7 Å². The van der Waals surface area contributed by atoms with Crippen LogP contribution in [-0.4, -0.2) is 39.2 Å². The van der Waals surface area contributed by atoms with E-state index < -0.39 is 33.3 Å². The minimum atomic E-state index is -1.63. The number of rotatable bonds is 2. The minimum Gasteiger partial charge on any atom is -0.381 e. The number of hydrogen-bond donors (Lipinski definition) is 1. The number of carbonyl (C=O) groups is 2. The number of fused-ring (bicyclic) bond motifs is 5. The van der Waals surface area contributed by atoms with Crippen LogP contribution in [0.5, 0.6) is 0 Å². The number of Topliss-reactive ketones (excluding diaryl/α,β-unsaturated/α-hetero) is 1. The monoisotopic (exact) mass is 412 g/mol. The van der Waals surface area contributed by atoms with Gasteiger partial charge in [-0.15, -0.1) is 23.2 Å². The molecule has 0 bridgehead atoms. The summed E-state index contributed by atoms with van der Waals surface area (Å²) in [5, 5.41) is 11.2. The van der Waals surface area contributed by atoms with Gasteiger partial charge in [0.1, 0.15) is 11.8 Å². The quantitative estimate of drug-likeness (QED) is 0.699. The first-order chi connectivity index (χ1) is 12.5. The molecule has 0 aromatic rings. The molecule has 1 N–H and O–H groups in total. The predicted molar refractivity (Wildman–Crippen MR) is 103 cm³/mol. The molecule has 4 aliphatic carbocycles. The molecule has 0 unspecified atom stereocenters. The van der Waals surface area contributed by atoms with Gasteiger partial charge in [-0.2, -0.15) is 0 Å². The summed E-state index contributed by atoms with van der Waals surface area (Å²) in [5.74, 6) is -1.40. The number of hydrogen-bond acceptors (Lipinski definition) is 3. The fourth-order valence-corrected chi connectivity index (χ4v) is 6.88. The Labute approximate surface area is 168 Å². The highest BCUT2D eigenvalue weighted by Gasteiger charge is 2.72. The minimum absolute atomic E-state index is 0.0186. The van der Waals surface area contributed by atoms with Crippen molar-refractivity contribution in [1.29, 1.82) is 0 Å². The molecule has 4 aliphatic rings. The summed E-state index contributed by atoms with van der Waals surface area (Å²) in [6.45, 7) is 3.66. The van der Waals surface area contributed by atoms with E-state index in [1.807, 2.05) is 19.1 Å². The molecule has 2 fully saturated rings. The second-order valence-electron chi connectivity index (χ2n) is 8.84. The Hall–Kier alpha value is -0.970. The molecule has 0 aromatic heterocycles. The van der Waals surface area contributed by atoms with Gasteiger partial charge in [-0.25, -0.2) is 4.39 Å². The van der Waals surface area contributed by atoms with Crippen molar-refractivity contribution >= 4 is 34.8 Å². The van der Waals surface area contributed by atoms with Crippen LogP contribution >= 0.6 is 23.2 Å². The third kappa shape index (κ3) is 2.13. The first-order valence-electron chi connectivity index (χ1n) is 9.33. The van der Waals surface area contributed by atoms with Crippen molar-refractivity contribution in [2.45, 2.75) is 49.8 Å². The smallest absolute Gasteiger partial charge is 0.179 e. The molecule has 0 aromatic carbocycles. The standard InChI is InChI=1S/C21H23Cl2FO3/c1-18-7-5-13(25)9-12(18)3-4-15-14-6-8-20(27,17(26)11-22)19(14,2)10-16(24)21(15,18)23/h3-5,7,9,14-16,27H,6,8,10-11H2,1-2H3/t14-,15-,16-,18-,19-,20-,21-/m0/s1. The molecule has 27 heavy (non-hydrogen) atoms. The Morgan fingerprint density at radius 1 is 1.37 bits per heavy atom. The van der Waals surface area contributed by atoms with Crippen LogP contribution in [0, 0.1) is 22.7 Å². The first kappa shape index (κ1) is 19.4. The van der Waals surface area contributed by atoms with Crippen molar-refractivity contribution in [3.8, 4) is 0 Å². The van der Waals surface area contributed by atoms with Gasteiger partial charge in [0.15, 0.2) is 11.6 Å². The van der Waals surface area contributed by atoms with Gasteiger partial charge in [-0.05, 0) is 42.9 Å². The Morgan fingerprint density at radius 3 is 2.74 bits per heavy atom. The zero-order valence-electron chi connectivity index (χ0n) is 15.3. The second kappa shape index (κ2) is 5.77. The van der Waals surface area contributed by atoms with Gasteiger partial charge in [0.05, 0.1) is 10.8 Å². The van der Waals surface area contributed by atoms with E-state index in [9.17, 15) is 14.7 Å². The van der Waals surface area contributed by atoms with Crippen LogP contribution < -0.4 is 0 Å². The number of aliphatic hydroxyl groups is 1. The fraction of sp³-hybridized carbons (Fsp3) is 0.619. The lowest BCUT2D eigenvalue weighted by atomic mass is 9.47.